The van der Waals surface area contributed by atoms with E-state index in [1.807, 2.05) is 0 Å². The summed E-state index contributed by atoms with van der Waals surface area (Å²) in [6.07, 6.45) is 18.5. The minimum absolute atomic E-state index is 0.0298. The van der Waals surface area contributed by atoms with Crippen LogP contribution >= 0.6 is 0 Å². The van der Waals surface area contributed by atoms with Crippen LogP contribution in [0, 0.1) is 0 Å². The number of benzene rings is 1. The molecule has 1 fully saturated rings. The third-order valence-electron chi connectivity index (χ3n) is 11.0. The van der Waals surface area contributed by atoms with Crippen molar-refractivity contribution in [1.29, 1.82) is 0 Å². The Morgan fingerprint density at radius 3 is 1.93 bits per heavy atom. The predicted octanol–water partition coefficient (Wildman–Crippen LogP) is 4.48. The van der Waals surface area contributed by atoms with Crippen LogP contribution < -0.4 is 21.1 Å². The van der Waals surface area contributed by atoms with Gasteiger partial charge in [0.15, 0.2) is 0 Å². The average Bonchev–Trinajstić information content (AvgIpc) is 4.03. The zero-order valence-electron chi connectivity index (χ0n) is 36.0. The number of aliphatic hydroxyl groups is 6. The first-order valence-corrected chi connectivity index (χ1v) is 22.8. The van der Waals surface area contributed by atoms with Crippen molar-refractivity contribution >= 4 is 11.8 Å². The molecule has 0 spiro atoms. The monoisotopic (exact) mass is 840 g/mol. The molecule has 59 heavy (non-hydrogen) atoms. The molecule has 2 amide bonds. The van der Waals surface area contributed by atoms with Gasteiger partial charge in [-0.15, -0.1) is 0 Å². The van der Waals surface area contributed by atoms with Gasteiger partial charge in [-0.05, 0) is 62.6 Å². The van der Waals surface area contributed by atoms with E-state index in [4.69, 9.17) is 25.1 Å². The Bertz CT molecular complexity index is 1200. The van der Waals surface area contributed by atoms with Gasteiger partial charge < -0.3 is 61.2 Å². The number of nitrogens with one attached hydrogen (secondary N) is 2. The van der Waals surface area contributed by atoms with E-state index in [1.54, 1.807) is 31.2 Å². The van der Waals surface area contributed by atoms with Gasteiger partial charge in [-0.25, -0.2) is 0 Å². The molecule has 8 unspecified atom stereocenters. The predicted molar refractivity (Wildman–Crippen MR) is 229 cm³/mol. The van der Waals surface area contributed by atoms with E-state index < -0.39 is 30.3 Å². The lowest BCUT2D eigenvalue weighted by atomic mass is 10.0. The molecule has 1 aliphatic rings. The number of unbranched alkanes of at least 4 members (excludes halogenated alkanes) is 13. The van der Waals surface area contributed by atoms with E-state index in [-0.39, 0.29) is 63.0 Å². The Hall–Kier alpha value is -2.40. The summed E-state index contributed by atoms with van der Waals surface area (Å²) in [5, 5.41) is 65.3. The quantitative estimate of drug-likeness (QED) is 0.0330. The second-order valence-corrected chi connectivity index (χ2v) is 16.4. The van der Waals surface area contributed by atoms with E-state index in [0.29, 0.717) is 37.2 Å². The number of carbonyl (C=O) groups is 2. The summed E-state index contributed by atoms with van der Waals surface area (Å²) in [7, 11) is 0. The highest BCUT2D eigenvalue weighted by atomic mass is 16.6. The summed E-state index contributed by atoms with van der Waals surface area (Å²) in [5.41, 5.74) is 6.16. The molecule has 0 aromatic heterocycles. The second kappa shape index (κ2) is 33.3. The van der Waals surface area contributed by atoms with Gasteiger partial charge in [0.1, 0.15) is 24.6 Å². The average molecular weight is 840 g/mol. The van der Waals surface area contributed by atoms with Gasteiger partial charge in [-0.3, -0.25) is 9.59 Å². The highest BCUT2D eigenvalue weighted by Gasteiger charge is 2.43. The van der Waals surface area contributed by atoms with Crippen LogP contribution in [0.4, 0.5) is 0 Å². The molecule has 0 saturated carbocycles. The van der Waals surface area contributed by atoms with Gasteiger partial charge in [0.05, 0.1) is 56.3 Å². The fraction of sp³-hybridized carbons (Fsp3) is 0.822. The Kier molecular flexibility index (Phi) is 29.7. The molecule has 1 aromatic carbocycles. The van der Waals surface area contributed by atoms with Crippen LogP contribution in [0.1, 0.15) is 160 Å². The Balaban J connectivity index is 1.39. The lowest BCUT2D eigenvalue weighted by Crippen LogP contribution is -2.41. The number of hydrogen-bond acceptors (Lipinski definition) is 12. The maximum atomic E-state index is 12.4. The second-order valence-electron chi connectivity index (χ2n) is 16.4. The van der Waals surface area contributed by atoms with Crippen LogP contribution in [0.15, 0.2) is 24.3 Å². The van der Waals surface area contributed by atoms with Crippen molar-refractivity contribution in [2.24, 2.45) is 5.73 Å². The fourth-order valence-corrected chi connectivity index (χ4v) is 7.11. The van der Waals surface area contributed by atoms with Gasteiger partial charge >= 0.3 is 0 Å². The lowest BCUT2D eigenvalue weighted by Gasteiger charge is -2.18. The SMILES string of the molecule is CCC(=O)NC(CO)COc1ccc(C(O)CNC(=O)C(O)CCCC(O)C2OC2CCCCCCCC(O)CCCCCCCCCCCCOCC(N)CO)cc1. The minimum Gasteiger partial charge on any atom is -0.491 e. The third kappa shape index (κ3) is 25.9. The molecule has 14 heteroatoms. The zero-order chi connectivity index (χ0) is 43.1. The molecule has 1 aromatic rings. The number of nitrogens with two attached hydrogens (primary N) is 1. The number of ether oxygens (including phenoxy) is 3. The van der Waals surface area contributed by atoms with Gasteiger partial charge in [0, 0.05) is 19.6 Å². The minimum atomic E-state index is -1.25. The number of rotatable bonds is 39. The third-order valence-corrected chi connectivity index (χ3v) is 11.0. The van der Waals surface area contributed by atoms with Crippen LogP contribution in [0.25, 0.3) is 0 Å². The molecule has 1 aliphatic heterocycles. The Labute approximate surface area is 354 Å². The van der Waals surface area contributed by atoms with E-state index in [0.717, 1.165) is 70.8 Å². The maximum absolute atomic E-state index is 12.4. The highest BCUT2D eigenvalue weighted by molar-refractivity contribution is 5.80. The number of amides is 2. The van der Waals surface area contributed by atoms with Crippen molar-refractivity contribution in [3.63, 3.8) is 0 Å². The molecule has 0 aliphatic carbocycles. The first-order valence-electron chi connectivity index (χ1n) is 22.8. The first-order chi connectivity index (χ1) is 28.6. The largest absolute Gasteiger partial charge is 0.491 e. The lowest BCUT2D eigenvalue weighted by molar-refractivity contribution is -0.130. The summed E-state index contributed by atoms with van der Waals surface area (Å²) in [4.78, 5) is 24.0. The molecule has 10 N–H and O–H groups in total. The van der Waals surface area contributed by atoms with Gasteiger partial charge in [0.25, 0.3) is 0 Å². The number of hydrogen-bond donors (Lipinski definition) is 9. The maximum Gasteiger partial charge on any atom is 0.248 e. The molecular formula is C45H81N3O11. The van der Waals surface area contributed by atoms with Gasteiger partial charge in [-0.2, -0.15) is 0 Å². The van der Waals surface area contributed by atoms with E-state index >= 15 is 0 Å². The molecule has 0 bridgehead atoms. The Morgan fingerprint density at radius 2 is 1.34 bits per heavy atom. The van der Waals surface area contributed by atoms with Crippen molar-refractivity contribution in [1.82, 2.24) is 10.6 Å². The van der Waals surface area contributed by atoms with Crippen LogP contribution in [0.2, 0.25) is 0 Å². The molecule has 1 saturated heterocycles. The van der Waals surface area contributed by atoms with Crippen molar-refractivity contribution in [2.45, 2.75) is 197 Å². The standard InChI is InChI=1S/C45H81N3O11/c1-2-43(55)48-36(31-50)33-58-38-26-24-34(25-27-38)41(54)29-47-45(56)40(53)22-18-21-39(52)44-42(59-44)23-16-12-9-11-15-20-37(51)19-14-10-7-5-3-4-6-8-13-17-28-57-32-35(46)30-49/h24-27,35-37,39-42,44,49-54H,2-23,28-33,46H2,1H3,(H,47,56)(H,48,55). The molecule has 14 nitrogen and oxygen atoms in total. The molecule has 0 radical (unpaired) electrons. The highest BCUT2D eigenvalue weighted by Crippen LogP contribution is 2.32. The summed E-state index contributed by atoms with van der Waals surface area (Å²) in [6.45, 7) is 2.60. The van der Waals surface area contributed by atoms with Gasteiger partial charge in [0.2, 0.25) is 11.8 Å². The molecule has 8 atom stereocenters. The van der Waals surface area contributed by atoms with E-state index in [2.05, 4.69) is 10.6 Å². The summed E-state index contributed by atoms with van der Waals surface area (Å²) in [5.74, 6) is -0.268. The van der Waals surface area contributed by atoms with Gasteiger partial charge in [-0.1, -0.05) is 109 Å². The summed E-state index contributed by atoms with van der Waals surface area (Å²) < 4.78 is 16.8. The molecule has 342 valence electrons. The van der Waals surface area contributed by atoms with Crippen molar-refractivity contribution in [2.75, 3.05) is 39.6 Å². The van der Waals surface area contributed by atoms with Crippen molar-refractivity contribution in [3.8, 4) is 5.75 Å². The van der Waals surface area contributed by atoms with Crippen LogP contribution in [0.3, 0.4) is 0 Å². The Morgan fingerprint density at radius 1 is 0.746 bits per heavy atom. The first kappa shape index (κ1) is 52.7. The molecular weight excluding hydrogens is 759 g/mol. The van der Waals surface area contributed by atoms with Crippen LogP contribution in [0.5, 0.6) is 5.75 Å². The number of epoxide rings is 1. The van der Waals surface area contributed by atoms with Crippen molar-refractivity contribution in [3.05, 3.63) is 29.8 Å². The van der Waals surface area contributed by atoms with Crippen LogP contribution in [-0.2, 0) is 19.1 Å². The summed E-state index contributed by atoms with van der Waals surface area (Å²) in [6, 6.07) is 5.80. The number of aliphatic hydroxyl groups excluding tert-OH is 6. The fourth-order valence-electron chi connectivity index (χ4n) is 7.11. The van der Waals surface area contributed by atoms with Crippen LogP contribution in [-0.4, -0.2) is 125 Å². The topological polar surface area (TPSA) is 237 Å². The molecule has 2 rings (SSSR count). The van der Waals surface area contributed by atoms with E-state index in [9.17, 15) is 35.1 Å². The van der Waals surface area contributed by atoms with E-state index in [1.165, 1.54) is 51.4 Å². The normalized spacial score (nSPS) is 18.1. The molecule has 1 heterocycles. The zero-order valence-corrected chi connectivity index (χ0v) is 36.0. The van der Waals surface area contributed by atoms with Crippen molar-refractivity contribution < 1.29 is 54.4 Å². The number of carbonyl (C=O) groups excluding carboxylic acids is 2. The summed E-state index contributed by atoms with van der Waals surface area (Å²) >= 11 is 0. The smallest absolute Gasteiger partial charge is 0.248 e.